The summed E-state index contributed by atoms with van der Waals surface area (Å²) in [6, 6.07) is 11.2. The second-order valence-electron chi connectivity index (χ2n) is 4.24. The fourth-order valence-corrected chi connectivity index (χ4v) is 2.56. The summed E-state index contributed by atoms with van der Waals surface area (Å²) in [6.45, 7) is 0.0529. The lowest BCUT2D eigenvalue weighted by atomic mass is 10.2. The monoisotopic (exact) mass is 287 g/mol. The number of hydrogen-bond donors (Lipinski definition) is 0. The molecule has 1 heterocycles. The molecule has 0 amide bonds. The molecule has 0 spiro atoms. The number of fused-ring (bicyclic) bond motifs is 1. The van der Waals surface area contributed by atoms with Crippen LogP contribution in [0.4, 0.5) is 4.39 Å². The molecule has 0 bridgehead atoms. The van der Waals surface area contributed by atoms with Crippen molar-refractivity contribution in [2.75, 3.05) is 0 Å². The van der Waals surface area contributed by atoms with Crippen molar-refractivity contribution in [2.45, 2.75) is 6.61 Å². The van der Waals surface area contributed by atoms with Crippen LogP contribution < -0.4 is 0 Å². The highest BCUT2D eigenvalue weighted by Crippen LogP contribution is 2.19. The van der Waals surface area contributed by atoms with Crippen LogP contribution in [0.15, 0.2) is 48.0 Å². The fraction of sp³-hybridized carbons (Fsp3) is 0.0667. The van der Waals surface area contributed by atoms with E-state index in [9.17, 15) is 9.18 Å². The minimum Gasteiger partial charge on any atom is -0.457 e. The van der Waals surface area contributed by atoms with Gasteiger partial charge in [0.1, 0.15) is 12.4 Å². The van der Waals surface area contributed by atoms with Crippen molar-refractivity contribution in [1.29, 1.82) is 0 Å². The molecule has 0 fully saturated rings. The first-order valence-corrected chi connectivity index (χ1v) is 6.85. The molecule has 1 aromatic heterocycles. The van der Waals surface area contributed by atoms with E-state index < -0.39 is 5.97 Å². The van der Waals surface area contributed by atoms with Crippen molar-refractivity contribution in [1.82, 2.24) is 4.98 Å². The van der Waals surface area contributed by atoms with Crippen LogP contribution in [0, 0.1) is 5.82 Å². The minimum absolute atomic E-state index is 0.0529. The molecule has 0 unspecified atom stereocenters. The summed E-state index contributed by atoms with van der Waals surface area (Å²) in [4.78, 5) is 16.1. The lowest BCUT2D eigenvalue weighted by Gasteiger charge is -2.05. The molecule has 20 heavy (non-hydrogen) atoms. The first kappa shape index (κ1) is 12.7. The van der Waals surface area contributed by atoms with E-state index in [-0.39, 0.29) is 12.4 Å². The maximum absolute atomic E-state index is 13.0. The number of halogens is 1. The van der Waals surface area contributed by atoms with E-state index in [4.69, 9.17) is 4.74 Å². The Hall–Kier alpha value is -2.27. The molecule has 0 aliphatic carbocycles. The van der Waals surface area contributed by atoms with Gasteiger partial charge >= 0.3 is 5.97 Å². The molecule has 0 aliphatic heterocycles. The molecule has 0 saturated heterocycles. The number of ether oxygens (including phenoxy) is 1. The van der Waals surface area contributed by atoms with E-state index in [1.807, 2.05) is 0 Å². The molecular weight excluding hydrogens is 277 g/mol. The second kappa shape index (κ2) is 5.38. The standard InChI is InChI=1S/C15H10FNO2S/c16-12-3-1-2-10(6-12)8-19-15(18)11-4-5-13-14(7-11)20-9-17-13/h1-7,9H,8H2. The van der Waals surface area contributed by atoms with E-state index in [0.29, 0.717) is 11.1 Å². The van der Waals surface area contributed by atoms with Crippen molar-refractivity contribution in [2.24, 2.45) is 0 Å². The first-order chi connectivity index (χ1) is 9.72. The topological polar surface area (TPSA) is 39.2 Å². The number of carbonyl (C=O) groups excluding carboxylic acids is 1. The van der Waals surface area contributed by atoms with Crippen molar-refractivity contribution >= 4 is 27.5 Å². The van der Waals surface area contributed by atoms with Gasteiger partial charge in [-0.2, -0.15) is 0 Å². The number of thiazole rings is 1. The SMILES string of the molecule is O=C(OCc1cccc(F)c1)c1ccc2ncsc2c1. The van der Waals surface area contributed by atoms with E-state index in [1.165, 1.54) is 23.5 Å². The molecule has 0 atom stereocenters. The average Bonchev–Trinajstić information content (AvgIpc) is 2.92. The van der Waals surface area contributed by atoms with Crippen LogP contribution in [0.1, 0.15) is 15.9 Å². The number of carbonyl (C=O) groups is 1. The quantitative estimate of drug-likeness (QED) is 0.688. The van der Waals surface area contributed by atoms with Crippen LogP contribution in [0.3, 0.4) is 0 Å². The summed E-state index contributed by atoms with van der Waals surface area (Å²) in [5, 5.41) is 0. The van der Waals surface area contributed by atoms with Crippen LogP contribution in [-0.2, 0) is 11.3 Å². The molecule has 0 saturated carbocycles. The molecule has 3 rings (SSSR count). The summed E-state index contributed by atoms with van der Waals surface area (Å²) in [6.07, 6.45) is 0. The Morgan fingerprint density at radius 3 is 3.00 bits per heavy atom. The summed E-state index contributed by atoms with van der Waals surface area (Å²) in [5.41, 5.74) is 3.68. The molecule has 3 nitrogen and oxygen atoms in total. The zero-order valence-electron chi connectivity index (χ0n) is 10.4. The number of aromatic nitrogens is 1. The number of hydrogen-bond acceptors (Lipinski definition) is 4. The van der Waals surface area contributed by atoms with Crippen LogP contribution in [0.25, 0.3) is 10.2 Å². The van der Waals surface area contributed by atoms with E-state index in [1.54, 1.807) is 35.8 Å². The molecule has 100 valence electrons. The fourth-order valence-electron chi connectivity index (χ4n) is 1.84. The third-order valence-corrected chi connectivity index (χ3v) is 3.62. The van der Waals surface area contributed by atoms with Crippen LogP contribution in [0.5, 0.6) is 0 Å². The molecule has 0 radical (unpaired) electrons. The van der Waals surface area contributed by atoms with Gasteiger partial charge in [0.05, 0.1) is 21.3 Å². The highest BCUT2D eigenvalue weighted by atomic mass is 32.1. The Balaban J connectivity index is 1.72. The zero-order chi connectivity index (χ0) is 13.9. The second-order valence-corrected chi connectivity index (χ2v) is 5.13. The molecule has 0 aliphatic rings. The van der Waals surface area contributed by atoms with Gasteiger partial charge in [-0.05, 0) is 35.9 Å². The van der Waals surface area contributed by atoms with Gasteiger partial charge in [0.2, 0.25) is 0 Å². The minimum atomic E-state index is -0.426. The Bertz CT molecular complexity index is 769. The van der Waals surface area contributed by atoms with Crippen molar-refractivity contribution in [3.63, 3.8) is 0 Å². The van der Waals surface area contributed by atoms with Gasteiger partial charge in [-0.15, -0.1) is 11.3 Å². The van der Waals surface area contributed by atoms with Gasteiger partial charge in [-0.25, -0.2) is 14.2 Å². The van der Waals surface area contributed by atoms with Crippen LogP contribution in [0.2, 0.25) is 0 Å². The van der Waals surface area contributed by atoms with Crippen LogP contribution >= 0.6 is 11.3 Å². The largest absolute Gasteiger partial charge is 0.457 e. The molecule has 0 N–H and O–H groups in total. The van der Waals surface area contributed by atoms with E-state index >= 15 is 0 Å². The third-order valence-electron chi connectivity index (χ3n) is 2.83. The zero-order valence-corrected chi connectivity index (χ0v) is 11.2. The highest BCUT2D eigenvalue weighted by Gasteiger charge is 2.09. The predicted octanol–water partition coefficient (Wildman–Crippen LogP) is 3.79. The maximum atomic E-state index is 13.0. The Morgan fingerprint density at radius 1 is 1.25 bits per heavy atom. The lowest BCUT2D eigenvalue weighted by Crippen LogP contribution is -2.05. The predicted molar refractivity (Wildman–Crippen MR) is 75.1 cm³/mol. The normalized spacial score (nSPS) is 10.7. The molecule has 5 heteroatoms. The smallest absolute Gasteiger partial charge is 0.338 e. The third kappa shape index (κ3) is 2.67. The Kier molecular flexibility index (Phi) is 3.43. The van der Waals surface area contributed by atoms with E-state index in [0.717, 1.165) is 10.2 Å². The van der Waals surface area contributed by atoms with Crippen molar-refractivity contribution in [3.8, 4) is 0 Å². The van der Waals surface area contributed by atoms with Crippen molar-refractivity contribution in [3.05, 3.63) is 64.9 Å². The van der Waals surface area contributed by atoms with Gasteiger partial charge in [0.25, 0.3) is 0 Å². The van der Waals surface area contributed by atoms with Gasteiger partial charge in [0.15, 0.2) is 0 Å². The van der Waals surface area contributed by atoms with Gasteiger partial charge in [-0.1, -0.05) is 12.1 Å². The Morgan fingerprint density at radius 2 is 2.15 bits per heavy atom. The van der Waals surface area contributed by atoms with Crippen LogP contribution in [-0.4, -0.2) is 11.0 Å². The molecule has 3 aromatic rings. The summed E-state index contributed by atoms with van der Waals surface area (Å²) < 4.78 is 19.1. The maximum Gasteiger partial charge on any atom is 0.338 e. The van der Waals surface area contributed by atoms with E-state index in [2.05, 4.69) is 4.98 Å². The molecule has 2 aromatic carbocycles. The number of esters is 1. The molecular formula is C15H10FNO2S. The van der Waals surface area contributed by atoms with Gasteiger partial charge in [0, 0.05) is 0 Å². The first-order valence-electron chi connectivity index (χ1n) is 5.97. The van der Waals surface area contributed by atoms with Gasteiger partial charge < -0.3 is 4.74 Å². The summed E-state index contributed by atoms with van der Waals surface area (Å²) in [5.74, 6) is -0.769. The van der Waals surface area contributed by atoms with Crippen molar-refractivity contribution < 1.29 is 13.9 Å². The number of nitrogens with zero attached hydrogens (tertiary/aromatic N) is 1. The highest BCUT2D eigenvalue weighted by molar-refractivity contribution is 7.16. The average molecular weight is 287 g/mol. The number of rotatable bonds is 3. The van der Waals surface area contributed by atoms with Gasteiger partial charge in [-0.3, -0.25) is 0 Å². The lowest BCUT2D eigenvalue weighted by molar-refractivity contribution is 0.0472. The summed E-state index contributed by atoms with van der Waals surface area (Å²) >= 11 is 1.47. The number of benzene rings is 2. The summed E-state index contributed by atoms with van der Waals surface area (Å²) in [7, 11) is 0. The Labute approximate surface area is 118 Å².